The second-order valence-electron chi connectivity index (χ2n) is 6.49. The molecule has 1 atom stereocenters. The van der Waals surface area contributed by atoms with Crippen LogP contribution in [0.2, 0.25) is 0 Å². The quantitative estimate of drug-likeness (QED) is 0.667. The summed E-state index contributed by atoms with van der Waals surface area (Å²) < 4.78 is 5.33. The van der Waals surface area contributed by atoms with Gasteiger partial charge in [-0.1, -0.05) is 36.3 Å². The van der Waals surface area contributed by atoms with E-state index in [0.29, 0.717) is 24.4 Å². The van der Waals surface area contributed by atoms with Gasteiger partial charge >= 0.3 is 0 Å². The number of carbonyl (C=O) groups excluding carboxylic acids is 2. The summed E-state index contributed by atoms with van der Waals surface area (Å²) in [5, 5.41) is 8.68. The van der Waals surface area contributed by atoms with Gasteiger partial charge in [0, 0.05) is 13.0 Å². The maximum absolute atomic E-state index is 12.5. The van der Waals surface area contributed by atoms with Gasteiger partial charge in [0.15, 0.2) is 0 Å². The number of hydrogen-bond acceptors (Lipinski definition) is 5. The normalized spacial score (nSPS) is 15.3. The largest absolute Gasteiger partial charge is 0.481 e. The fraction of sp³-hybridized carbons (Fsp3) is 0.227. The highest BCUT2D eigenvalue weighted by Gasteiger charge is 2.34. The van der Waals surface area contributed by atoms with Gasteiger partial charge < -0.3 is 15.8 Å². The minimum Gasteiger partial charge on any atom is -0.481 e. The SMILES string of the molecule is C#CCOc1ccc(CCNC(=O)C2=NN(c3ccccc3)C(C(N)=O)C2)cc1. The van der Waals surface area contributed by atoms with Crippen molar-refractivity contribution in [3.8, 4) is 18.1 Å². The summed E-state index contributed by atoms with van der Waals surface area (Å²) in [6.45, 7) is 0.665. The van der Waals surface area contributed by atoms with Gasteiger partial charge in [0.2, 0.25) is 5.91 Å². The van der Waals surface area contributed by atoms with Crippen molar-refractivity contribution in [3.63, 3.8) is 0 Å². The maximum atomic E-state index is 12.5. The molecule has 1 heterocycles. The number of benzene rings is 2. The van der Waals surface area contributed by atoms with Gasteiger partial charge in [-0.05, 0) is 36.2 Å². The van der Waals surface area contributed by atoms with Crippen molar-refractivity contribution in [1.82, 2.24) is 5.32 Å². The summed E-state index contributed by atoms with van der Waals surface area (Å²) in [5.41, 5.74) is 7.55. The van der Waals surface area contributed by atoms with Crippen molar-refractivity contribution in [2.45, 2.75) is 18.9 Å². The summed E-state index contributed by atoms with van der Waals surface area (Å²) in [6, 6.07) is 16.0. The summed E-state index contributed by atoms with van der Waals surface area (Å²) in [6.07, 6.45) is 5.99. The average Bonchev–Trinajstić information content (AvgIpc) is 3.20. The molecule has 2 aromatic carbocycles. The molecular formula is C22H22N4O3. The van der Waals surface area contributed by atoms with E-state index in [0.717, 1.165) is 5.56 Å². The predicted octanol–water partition coefficient (Wildman–Crippen LogP) is 1.48. The molecule has 29 heavy (non-hydrogen) atoms. The lowest BCUT2D eigenvalue weighted by molar-refractivity contribution is -0.119. The third kappa shape index (κ3) is 5.14. The van der Waals surface area contributed by atoms with Gasteiger partial charge in [-0.25, -0.2) is 0 Å². The first-order valence-corrected chi connectivity index (χ1v) is 9.23. The average molecular weight is 390 g/mol. The molecule has 7 nitrogen and oxygen atoms in total. The molecule has 0 radical (unpaired) electrons. The molecule has 3 rings (SSSR count). The number of nitrogens with one attached hydrogen (secondary N) is 1. The van der Waals surface area contributed by atoms with Crippen LogP contribution < -0.4 is 20.8 Å². The van der Waals surface area contributed by atoms with Crippen LogP contribution >= 0.6 is 0 Å². The van der Waals surface area contributed by atoms with E-state index in [1.165, 1.54) is 5.01 Å². The molecule has 1 aliphatic heterocycles. The van der Waals surface area contributed by atoms with E-state index >= 15 is 0 Å². The summed E-state index contributed by atoms with van der Waals surface area (Å²) in [4.78, 5) is 24.3. The number of para-hydroxylation sites is 1. The Morgan fingerprint density at radius 3 is 2.59 bits per heavy atom. The Kier molecular flexibility index (Phi) is 6.48. The number of ether oxygens (including phenoxy) is 1. The van der Waals surface area contributed by atoms with Crippen LogP contribution in [-0.4, -0.2) is 36.7 Å². The van der Waals surface area contributed by atoms with E-state index in [-0.39, 0.29) is 24.6 Å². The zero-order chi connectivity index (χ0) is 20.6. The maximum Gasteiger partial charge on any atom is 0.267 e. The van der Waals surface area contributed by atoms with Gasteiger partial charge in [0.05, 0.1) is 5.69 Å². The molecule has 0 saturated carbocycles. The smallest absolute Gasteiger partial charge is 0.267 e. The number of rotatable bonds is 8. The first-order chi connectivity index (χ1) is 14.1. The minimum absolute atomic E-state index is 0.178. The van der Waals surface area contributed by atoms with Crippen LogP contribution in [0.3, 0.4) is 0 Å². The van der Waals surface area contributed by atoms with Crippen molar-refractivity contribution in [2.75, 3.05) is 18.2 Å². The molecule has 0 aromatic heterocycles. The van der Waals surface area contributed by atoms with Crippen molar-refractivity contribution in [2.24, 2.45) is 10.8 Å². The van der Waals surface area contributed by atoms with Gasteiger partial charge in [-0.3, -0.25) is 14.6 Å². The van der Waals surface area contributed by atoms with E-state index in [4.69, 9.17) is 16.9 Å². The highest BCUT2D eigenvalue weighted by atomic mass is 16.5. The Labute approximate surface area is 169 Å². The van der Waals surface area contributed by atoms with Crippen LogP contribution in [0.5, 0.6) is 5.75 Å². The Bertz CT molecular complexity index is 933. The van der Waals surface area contributed by atoms with E-state index in [9.17, 15) is 9.59 Å². The van der Waals surface area contributed by atoms with Gasteiger partial charge in [-0.15, -0.1) is 6.42 Å². The molecule has 0 spiro atoms. The zero-order valence-electron chi connectivity index (χ0n) is 15.9. The molecular weight excluding hydrogens is 368 g/mol. The molecule has 7 heteroatoms. The third-order valence-electron chi connectivity index (χ3n) is 4.47. The lowest BCUT2D eigenvalue weighted by Gasteiger charge is -2.20. The summed E-state index contributed by atoms with van der Waals surface area (Å²) >= 11 is 0. The highest BCUT2D eigenvalue weighted by molar-refractivity contribution is 6.40. The zero-order valence-corrected chi connectivity index (χ0v) is 15.9. The van der Waals surface area contributed by atoms with Crippen LogP contribution in [0.1, 0.15) is 12.0 Å². The number of nitrogens with zero attached hydrogens (tertiary/aromatic N) is 2. The first kappa shape index (κ1) is 20.0. The van der Waals surface area contributed by atoms with Gasteiger partial charge in [-0.2, -0.15) is 5.10 Å². The fourth-order valence-electron chi connectivity index (χ4n) is 2.99. The number of nitrogens with two attached hydrogens (primary N) is 1. The molecule has 2 amide bonds. The molecule has 0 bridgehead atoms. The van der Waals surface area contributed by atoms with Crippen molar-refractivity contribution in [3.05, 3.63) is 60.2 Å². The fourth-order valence-corrected chi connectivity index (χ4v) is 2.99. The number of primary amides is 1. The number of amides is 2. The summed E-state index contributed by atoms with van der Waals surface area (Å²) in [7, 11) is 0. The number of terminal acetylenes is 1. The Hall–Kier alpha value is -3.79. The Morgan fingerprint density at radius 1 is 1.21 bits per heavy atom. The topological polar surface area (TPSA) is 97.0 Å². The molecule has 1 aliphatic rings. The molecule has 0 fully saturated rings. The number of hydrogen-bond donors (Lipinski definition) is 2. The second-order valence-corrected chi connectivity index (χ2v) is 6.49. The van der Waals surface area contributed by atoms with Crippen LogP contribution in [0.15, 0.2) is 59.7 Å². The predicted molar refractivity (Wildman–Crippen MR) is 111 cm³/mol. The van der Waals surface area contributed by atoms with E-state index < -0.39 is 11.9 Å². The van der Waals surface area contributed by atoms with Crippen LogP contribution in [-0.2, 0) is 16.0 Å². The molecule has 0 saturated heterocycles. The standard InChI is InChI=1S/C22H22N4O3/c1-2-14-29-18-10-8-16(9-11-18)12-13-24-22(28)19-15-20(21(23)27)26(25-19)17-6-4-3-5-7-17/h1,3-11,20H,12-15H2,(H2,23,27)(H,24,28). The van der Waals surface area contributed by atoms with E-state index in [2.05, 4.69) is 16.3 Å². The highest BCUT2D eigenvalue weighted by Crippen LogP contribution is 2.24. The number of hydrazone groups is 1. The number of anilines is 1. The first-order valence-electron chi connectivity index (χ1n) is 9.23. The lowest BCUT2D eigenvalue weighted by Crippen LogP contribution is -2.40. The molecule has 3 N–H and O–H groups in total. The lowest BCUT2D eigenvalue weighted by atomic mass is 10.1. The monoisotopic (exact) mass is 390 g/mol. The van der Waals surface area contributed by atoms with Crippen LogP contribution in [0.4, 0.5) is 5.69 Å². The van der Waals surface area contributed by atoms with Gasteiger partial charge in [0.25, 0.3) is 5.91 Å². The van der Waals surface area contributed by atoms with E-state index in [1.807, 2.05) is 54.6 Å². The second kappa shape index (κ2) is 9.42. The van der Waals surface area contributed by atoms with Crippen molar-refractivity contribution in [1.29, 1.82) is 0 Å². The van der Waals surface area contributed by atoms with Crippen molar-refractivity contribution < 1.29 is 14.3 Å². The molecule has 1 unspecified atom stereocenters. The summed E-state index contributed by atoms with van der Waals surface area (Å²) in [5.74, 6) is 2.29. The third-order valence-corrected chi connectivity index (χ3v) is 4.47. The number of carbonyl (C=O) groups is 2. The molecule has 2 aromatic rings. The van der Waals surface area contributed by atoms with E-state index in [1.54, 1.807) is 0 Å². The molecule has 0 aliphatic carbocycles. The minimum atomic E-state index is -0.672. The van der Waals surface area contributed by atoms with Crippen molar-refractivity contribution >= 4 is 23.2 Å². The Morgan fingerprint density at radius 2 is 1.93 bits per heavy atom. The van der Waals surface area contributed by atoms with Crippen LogP contribution in [0.25, 0.3) is 0 Å². The molecule has 148 valence electrons. The van der Waals surface area contributed by atoms with Gasteiger partial charge in [0.1, 0.15) is 24.1 Å². The Balaban J connectivity index is 1.56. The van der Waals surface area contributed by atoms with Crippen LogP contribution in [0, 0.1) is 12.3 Å².